The van der Waals surface area contributed by atoms with Crippen LogP contribution in [0.3, 0.4) is 0 Å². The Balaban J connectivity index is 1.55. The topological polar surface area (TPSA) is 114 Å². The molecule has 4 heterocycles. The summed E-state index contributed by atoms with van der Waals surface area (Å²) in [5.74, 6) is -2.33. The number of H-pyrrole nitrogens is 1. The van der Waals surface area contributed by atoms with Crippen molar-refractivity contribution in [2.45, 2.75) is 6.54 Å². The molecule has 0 saturated heterocycles. The number of carbonyl (C=O) groups is 1. The van der Waals surface area contributed by atoms with Crippen LogP contribution in [0.2, 0.25) is 0 Å². The number of amides is 1. The van der Waals surface area contributed by atoms with Crippen LogP contribution >= 0.6 is 0 Å². The van der Waals surface area contributed by atoms with E-state index in [9.17, 15) is 13.6 Å². The third-order valence-corrected chi connectivity index (χ3v) is 5.14. The largest absolute Gasteiger partial charge is 0.382 e. The van der Waals surface area contributed by atoms with Crippen molar-refractivity contribution < 1.29 is 13.6 Å². The number of nitrogens with one attached hydrogen (secondary N) is 2. The van der Waals surface area contributed by atoms with E-state index < -0.39 is 17.5 Å². The molecule has 0 unspecified atom stereocenters. The zero-order valence-electron chi connectivity index (χ0n) is 17.1. The number of hydrogen-bond donors (Lipinski definition) is 3. The lowest BCUT2D eigenvalue weighted by molar-refractivity contribution is 0.0946. The maximum Gasteiger partial charge on any atom is 0.274 e. The van der Waals surface area contributed by atoms with Gasteiger partial charge >= 0.3 is 0 Å². The first-order valence-corrected chi connectivity index (χ1v) is 9.96. The minimum atomic E-state index is -0.759. The Bertz CT molecular complexity index is 1460. The first kappa shape index (κ1) is 20.3. The van der Waals surface area contributed by atoms with Crippen LogP contribution in [-0.2, 0) is 6.54 Å². The Morgan fingerprint density at radius 3 is 2.64 bits per heavy atom. The van der Waals surface area contributed by atoms with Gasteiger partial charge in [-0.1, -0.05) is 6.07 Å². The van der Waals surface area contributed by atoms with Gasteiger partial charge in [0.1, 0.15) is 28.7 Å². The second-order valence-corrected chi connectivity index (χ2v) is 7.23. The number of rotatable bonds is 5. The molecular weight excluding hydrogens is 428 g/mol. The van der Waals surface area contributed by atoms with E-state index in [1.165, 1.54) is 6.07 Å². The van der Waals surface area contributed by atoms with Crippen molar-refractivity contribution in [1.82, 2.24) is 29.7 Å². The van der Waals surface area contributed by atoms with Gasteiger partial charge in [0.05, 0.1) is 5.69 Å². The second kappa shape index (κ2) is 8.15. The van der Waals surface area contributed by atoms with Crippen molar-refractivity contribution >= 4 is 17.4 Å². The zero-order chi connectivity index (χ0) is 22.9. The Labute approximate surface area is 186 Å². The third kappa shape index (κ3) is 3.78. The number of nitrogen functional groups attached to an aromatic ring is 1. The number of benzene rings is 1. The van der Waals surface area contributed by atoms with Gasteiger partial charge in [0.15, 0.2) is 11.5 Å². The highest BCUT2D eigenvalue weighted by Gasteiger charge is 2.21. The van der Waals surface area contributed by atoms with E-state index in [-0.39, 0.29) is 23.6 Å². The quantitative estimate of drug-likeness (QED) is 0.383. The fourth-order valence-electron chi connectivity index (χ4n) is 3.50. The van der Waals surface area contributed by atoms with Crippen LogP contribution in [0.15, 0.2) is 67.3 Å². The molecule has 1 aromatic carbocycles. The Hall–Kier alpha value is -4.60. The number of imidazole rings is 1. The van der Waals surface area contributed by atoms with Gasteiger partial charge in [-0.3, -0.25) is 4.79 Å². The smallest absolute Gasteiger partial charge is 0.274 e. The number of fused-ring (bicyclic) bond motifs is 1. The molecule has 10 heteroatoms. The highest BCUT2D eigenvalue weighted by atomic mass is 19.1. The predicted octanol–water partition coefficient (Wildman–Crippen LogP) is 3.58. The van der Waals surface area contributed by atoms with Crippen LogP contribution in [0.1, 0.15) is 16.1 Å². The van der Waals surface area contributed by atoms with E-state index in [1.807, 2.05) is 28.8 Å². The van der Waals surface area contributed by atoms with E-state index >= 15 is 0 Å². The molecule has 0 aliphatic rings. The number of aromatic amines is 1. The summed E-state index contributed by atoms with van der Waals surface area (Å²) in [5, 5.41) is 2.47. The average Bonchev–Trinajstić information content (AvgIpc) is 3.50. The molecule has 5 aromatic rings. The molecule has 5 rings (SSSR count). The van der Waals surface area contributed by atoms with Crippen LogP contribution in [0.5, 0.6) is 0 Å². The van der Waals surface area contributed by atoms with Gasteiger partial charge in [-0.2, -0.15) is 0 Å². The third-order valence-electron chi connectivity index (χ3n) is 5.14. The number of anilines is 1. The molecule has 164 valence electrons. The van der Waals surface area contributed by atoms with Crippen molar-refractivity contribution in [3.63, 3.8) is 0 Å². The molecule has 4 N–H and O–H groups in total. The van der Waals surface area contributed by atoms with Crippen molar-refractivity contribution in [2.24, 2.45) is 0 Å². The van der Waals surface area contributed by atoms with E-state index in [0.717, 1.165) is 17.8 Å². The molecular formula is C23H17F2N7O. The normalized spacial score (nSPS) is 11.1. The zero-order valence-corrected chi connectivity index (χ0v) is 17.1. The summed E-state index contributed by atoms with van der Waals surface area (Å²) in [6.07, 6.45) is 7.00. The molecule has 0 aliphatic heterocycles. The lowest BCUT2D eigenvalue weighted by Gasteiger charge is -2.13. The molecule has 0 radical (unpaired) electrons. The number of hydrogen-bond acceptors (Lipinski definition) is 5. The molecule has 0 saturated carbocycles. The number of nitrogens with two attached hydrogens (primary N) is 1. The number of pyridine rings is 1. The summed E-state index contributed by atoms with van der Waals surface area (Å²) in [6.45, 7) is -0.368. The molecule has 4 aromatic heterocycles. The second-order valence-electron chi connectivity index (χ2n) is 7.23. The summed E-state index contributed by atoms with van der Waals surface area (Å²) in [4.78, 5) is 29.1. The number of nitrogens with zero attached hydrogens (tertiary/aromatic N) is 4. The molecule has 1 amide bonds. The van der Waals surface area contributed by atoms with Crippen LogP contribution in [0.25, 0.3) is 28.3 Å². The molecule has 33 heavy (non-hydrogen) atoms. The standard InChI is InChI=1S/C23H17F2N7O/c24-15-3-1-4-16(25)14(15)11-29-23(33)21-22(26)31-20(17-5-2-8-27-17)19(30-21)13-6-7-18-28-9-10-32(18)12-13/h1-10,12,27H,11H2,(H2,26,31)(H,29,33). The lowest BCUT2D eigenvalue weighted by Crippen LogP contribution is -2.26. The minimum Gasteiger partial charge on any atom is -0.382 e. The van der Waals surface area contributed by atoms with E-state index in [0.29, 0.717) is 22.6 Å². The minimum absolute atomic E-state index is 0.112. The number of halogens is 2. The van der Waals surface area contributed by atoms with E-state index in [2.05, 4.69) is 25.3 Å². The van der Waals surface area contributed by atoms with Crippen LogP contribution < -0.4 is 11.1 Å². The SMILES string of the molecule is Nc1nc(-c2ccc[nH]2)c(-c2ccc3nccn3c2)nc1C(=O)NCc1c(F)cccc1F. The Morgan fingerprint density at radius 1 is 1.06 bits per heavy atom. The summed E-state index contributed by atoms with van der Waals surface area (Å²) in [7, 11) is 0. The van der Waals surface area contributed by atoms with Gasteiger partial charge in [0.2, 0.25) is 0 Å². The highest BCUT2D eigenvalue weighted by molar-refractivity contribution is 5.97. The van der Waals surface area contributed by atoms with E-state index in [4.69, 9.17) is 5.73 Å². The van der Waals surface area contributed by atoms with E-state index in [1.54, 1.807) is 24.7 Å². The van der Waals surface area contributed by atoms with Crippen molar-refractivity contribution in [3.05, 3.63) is 90.1 Å². The lowest BCUT2D eigenvalue weighted by atomic mass is 10.1. The monoisotopic (exact) mass is 445 g/mol. The fraction of sp³-hybridized carbons (Fsp3) is 0.0435. The van der Waals surface area contributed by atoms with Crippen LogP contribution in [0.4, 0.5) is 14.6 Å². The summed E-state index contributed by atoms with van der Waals surface area (Å²) < 4.78 is 29.7. The Kier molecular flexibility index (Phi) is 5.02. The van der Waals surface area contributed by atoms with Crippen molar-refractivity contribution in [3.8, 4) is 22.6 Å². The molecule has 0 aliphatic carbocycles. The summed E-state index contributed by atoms with van der Waals surface area (Å²) in [5.41, 5.74) is 8.60. The van der Waals surface area contributed by atoms with Gasteiger partial charge < -0.3 is 20.4 Å². The molecule has 0 fully saturated rings. The van der Waals surface area contributed by atoms with Crippen LogP contribution in [-0.4, -0.2) is 30.2 Å². The summed E-state index contributed by atoms with van der Waals surface area (Å²) >= 11 is 0. The molecule has 0 atom stereocenters. The Morgan fingerprint density at radius 2 is 1.88 bits per heavy atom. The van der Waals surface area contributed by atoms with Crippen molar-refractivity contribution in [2.75, 3.05) is 5.73 Å². The van der Waals surface area contributed by atoms with Gasteiger partial charge in [0, 0.05) is 42.5 Å². The van der Waals surface area contributed by atoms with Crippen LogP contribution in [0, 0.1) is 11.6 Å². The van der Waals surface area contributed by atoms with Crippen molar-refractivity contribution in [1.29, 1.82) is 0 Å². The predicted molar refractivity (Wildman–Crippen MR) is 118 cm³/mol. The summed E-state index contributed by atoms with van der Waals surface area (Å²) in [6, 6.07) is 10.7. The van der Waals surface area contributed by atoms with Gasteiger partial charge in [-0.25, -0.2) is 23.7 Å². The average molecular weight is 445 g/mol. The number of carbonyl (C=O) groups excluding carboxylic acids is 1. The maximum atomic E-state index is 13.9. The maximum absolute atomic E-state index is 13.9. The molecule has 0 spiro atoms. The fourth-order valence-corrected chi connectivity index (χ4v) is 3.50. The van der Waals surface area contributed by atoms with Gasteiger partial charge in [-0.05, 0) is 36.4 Å². The number of aromatic nitrogens is 5. The van der Waals surface area contributed by atoms with Gasteiger partial charge in [0.25, 0.3) is 5.91 Å². The first-order valence-electron chi connectivity index (χ1n) is 9.96. The molecule has 8 nitrogen and oxygen atoms in total. The first-order chi connectivity index (χ1) is 16.0. The van der Waals surface area contributed by atoms with Gasteiger partial charge in [-0.15, -0.1) is 0 Å². The molecule has 0 bridgehead atoms. The highest BCUT2D eigenvalue weighted by Crippen LogP contribution is 2.30.